The molecule has 2 aliphatic rings. The molecule has 2 aliphatic heterocycles. The topological polar surface area (TPSA) is 60.2 Å². The van der Waals surface area contributed by atoms with Crippen molar-refractivity contribution >= 4 is 33.2 Å². The zero-order valence-corrected chi connectivity index (χ0v) is 20.0. The van der Waals surface area contributed by atoms with Crippen LogP contribution >= 0.6 is 22.9 Å². The fraction of sp³-hybridized carbons (Fsp3) is 0.320. The zero-order chi connectivity index (χ0) is 23.4. The van der Waals surface area contributed by atoms with E-state index in [1.165, 1.54) is 41.1 Å². The van der Waals surface area contributed by atoms with Gasteiger partial charge in [0.05, 0.1) is 33.0 Å². The molecule has 9 heteroatoms. The summed E-state index contributed by atoms with van der Waals surface area (Å²) in [5.74, 6) is 0.236. The number of ether oxygens (including phenoxy) is 1. The van der Waals surface area contributed by atoms with E-state index in [0.29, 0.717) is 44.5 Å². The summed E-state index contributed by atoms with van der Waals surface area (Å²) in [5, 5.41) is 0.471. The quantitative estimate of drug-likeness (QED) is 0.383. The fourth-order valence-corrected chi connectivity index (χ4v) is 6.35. The molecule has 1 unspecified atom stereocenters. The third-order valence-corrected chi connectivity index (χ3v) is 8.39. The highest BCUT2D eigenvalue weighted by Crippen LogP contribution is 2.37. The molecule has 34 heavy (non-hydrogen) atoms. The van der Waals surface area contributed by atoms with Gasteiger partial charge in [-0.2, -0.15) is 0 Å². The fourth-order valence-electron chi connectivity index (χ4n) is 5.12. The van der Waals surface area contributed by atoms with Gasteiger partial charge in [0, 0.05) is 12.1 Å². The summed E-state index contributed by atoms with van der Waals surface area (Å²) in [6.07, 6.45) is 7.29. The molecule has 0 N–H and O–H groups in total. The molecule has 0 spiro atoms. The number of nitrogens with zero attached hydrogens (tertiary/aromatic N) is 4. The lowest BCUT2D eigenvalue weighted by molar-refractivity contribution is 0.0662. The molecule has 2 saturated heterocycles. The Labute approximate surface area is 204 Å². The van der Waals surface area contributed by atoms with Gasteiger partial charge in [0.1, 0.15) is 28.7 Å². The second-order valence-corrected chi connectivity index (χ2v) is 10.4. The van der Waals surface area contributed by atoms with Gasteiger partial charge in [-0.25, -0.2) is 9.37 Å². The number of benzene rings is 1. The van der Waals surface area contributed by atoms with Gasteiger partial charge in [-0.05, 0) is 69.1 Å². The Morgan fingerprint density at radius 2 is 1.91 bits per heavy atom. The Morgan fingerprint density at radius 1 is 1.12 bits per heavy atom. The van der Waals surface area contributed by atoms with Crippen LogP contribution in [0.5, 0.6) is 5.75 Å². The maximum Gasteiger partial charge on any atom is 0.275 e. The van der Waals surface area contributed by atoms with Crippen molar-refractivity contribution in [1.82, 2.24) is 19.4 Å². The maximum atomic E-state index is 13.2. The third kappa shape index (κ3) is 3.79. The molecule has 174 valence electrons. The average Bonchev–Trinajstić information content (AvgIpc) is 3.33. The number of fused-ring (bicyclic) bond motifs is 3. The molecule has 0 amide bonds. The summed E-state index contributed by atoms with van der Waals surface area (Å²) in [6.45, 7) is 0. The molecule has 3 aromatic heterocycles. The second kappa shape index (κ2) is 8.45. The highest BCUT2D eigenvalue weighted by Gasteiger charge is 2.39. The van der Waals surface area contributed by atoms with Crippen LogP contribution in [0.4, 0.5) is 4.39 Å². The minimum absolute atomic E-state index is 0.155. The monoisotopic (exact) mass is 496 g/mol. The Balaban J connectivity index is 1.27. The van der Waals surface area contributed by atoms with E-state index in [1.54, 1.807) is 18.2 Å². The molecule has 0 radical (unpaired) electrons. The molecule has 3 atom stereocenters. The molecule has 2 fully saturated rings. The number of pyridine rings is 1. The van der Waals surface area contributed by atoms with Crippen molar-refractivity contribution in [2.24, 2.45) is 0 Å². The number of hydrogen-bond donors (Lipinski definition) is 0. The molecular formula is C25H22ClFN4O2S. The van der Waals surface area contributed by atoms with Crippen LogP contribution in [0.2, 0.25) is 5.02 Å². The van der Waals surface area contributed by atoms with Crippen molar-refractivity contribution in [3.63, 3.8) is 0 Å². The highest BCUT2D eigenvalue weighted by atomic mass is 35.5. The van der Waals surface area contributed by atoms with Crippen LogP contribution in [0, 0.1) is 5.82 Å². The third-order valence-electron chi connectivity index (χ3n) is 6.96. The molecule has 6 rings (SSSR count). The standard InChI is InChI=1S/C25H22ClFN4O2S/c1-30-15-3-4-16(30)9-18(8-15)33-22-7-5-17(10-19(22)26)31-13-29-21-11-23(34-24(21)25(31)32)20-6-2-14(27)12-28-20/h2,5-7,10-13,15-16,18H,3-4,8-9H2,1H3/t15-,16+,18?. The van der Waals surface area contributed by atoms with Crippen LogP contribution < -0.4 is 10.3 Å². The number of hydrogen-bond acceptors (Lipinski definition) is 6. The van der Waals surface area contributed by atoms with Gasteiger partial charge in [0.15, 0.2) is 0 Å². The first kappa shape index (κ1) is 21.7. The first-order valence-electron chi connectivity index (χ1n) is 11.3. The molecule has 0 aliphatic carbocycles. The first-order chi connectivity index (χ1) is 16.5. The predicted molar refractivity (Wildman–Crippen MR) is 132 cm³/mol. The summed E-state index contributed by atoms with van der Waals surface area (Å²) in [4.78, 5) is 25.0. The van der Waals surface area contributed by atoms with Crippen molar-refractivity contribution < 1.29 is 9.13 Å². The van der Waals surface area contributed by atoms with E-state index in [4.69, 9.17) is 16.3 Å². The SMILES string of the molecule is CN1[C@@H]2CC[C@H]1CC(Oc1ccc(-n3cnc4cc(-c5ccc(F)cn5)sc4c3=O)cc1Cl)C2. The molecule has 1 aromatic carbocycles. The lowest BCUT2D eigenvalue weighted by atomic mass is 10.0. The predicted octanol–water partition coefficient (Wildman–Crippen LogP) is 5.31. The second-order valence-electron chi connectivity index (χ2n) is 8.98. The lowest BCUT2D eigenvalue weighted by Crippen LogP contribution is -2.43. The Morgan fingerprint density at radius 3 is 2.62 bits per heavy atom. The zero-order valence-electron chi connectivity index (χ0n) is 18.4. The maximum absolute atomic E-state index is 13.2. The number of piperidine rings is 1. The molecule has 6 nitrogen and oxygen atoms in total. The van der Waals surface area contributed by atoms with Crippen LogP contribution in [0.1, 0.15) is 25.7 Å². The van der Waals surface area contributed by atoms with Crippen molar-refractivity contribution in [1.29, 1.82) is 0 Å². The van der Waals surface area contributed by atoms with Gasteiger partial charge >= 0.3 is 0 Å². The molecule has 2 bridgehead atoms. The summed E-state index contributed by atoms with van der Waals surface area (Å²) >= 11 is 7.86. The van der Waals surface area contributed by atoms with E-state index in [-0.39, 0.29) is 11.7 Å². The van der Waals surface area contributed by atoms with E-state index in [2.05, 4.69) is 21.9 Å². The summed E-state index contributed by atoms with van der Waals surface area (Å²) in [6, 6.07) is 11.3. The summed E-state index contributed by atoms with van der Waals surface area (Å²) in [7, 11) is 2.20. The van der Waals surface area contributed by atoms with Crippen molar-refractivity contribution in [3.05, 3.63) is 70.1 Å². The van der Waals surface area contributed by atoms with Crippen LogP contribution in [0.25, 0.3) is 26.5 Å². The minimum Gasteiger partial charge on any atom is -0.489 e. The van der Waals surface area contributed by atoms with E-state index in [0.717, 1.165) is 23.9 Å². The van der Waals surface area contributed by atoms with Crippen molar-refractivity contribution in [3.8, 4) is 22.0 Å². The van der Waals surface area contributed by atoms with Gasteiger partial charge < -0.3 is 9.64 Å². The van der Waals surface area contributed by atoms with E-state index in [9.17, 15) is 9.18 Å². The molecule has 5 heterocycles. The van der Waals surface area contributed by atoms with E-state index >= 15 is 0 Å². The van der Waals surface area contributed by atoms with Crippen LogP contribution in [0.3, 0.4) is 0 Å². The van der Waals surface area contributed by atoms with Crippen LogP contribution in [0.15, 0.2) is 53.7 Å². The summed E-state index contributed by atoms with van der Waals surface area (Å²) < 4.78 is 21.5. The lowest BCUT2D eigenvalue weighted by Gasteiger charge is -2.36. The van der Waals surface area contributed by atoms with E-state index in [1.807, 2.05) is 12.1 Å². The van der Waals surface area contributed by atoms with E-state index < -0.39 is 5.82 Å². The Kier molecular flexibility index (Phi) is 5.39. The van der Waals surface area contributed by atoms with Gasteiger partial charge in [-0.3, -0.25) is 14.3 Å². The number of aromatic nitrogens is 3. The van der Waals surface area contributed by atoms with Crippen LogP contribution in [-0.4, -0.2) is 44.7 Å². The van der Waals surface area contributed by atoms with Crippen molar-refractivity contribution in [2.45, 2.75) is 43.9 Å². The normalized spacial score (nSPS) is 22.4. The molecule has 0 saturated carbocycles. The van der Waals surface area contributed by atoms with Gasteiger partial charge in [-0.1, -0.05) is 11.6 Å². The highest BCUT2D eigenvalue weighted by molar-refractivity contribution is 7.22. The van der Waals surface area contributed by atoms with Gasteiger partial charge in [0.25, 0.3) is 5.56 Å². The first-order valence-corrected chi connectivity index (χ1v) is 12.5. The van der Waals surface area contributed by atoms with Crippen molar-refractivity contribution in [2.75, 3.05) is 7.05 Å². The number of halogens is 2. The summed E-state index contributed by atoms with van der Waals surface area (Å²) in [5.41, 5.74) is 1.60. The molecule has 4 aromatic rings. The smallest absolute Gasteiger partial charge is 0.275 e. The van der Waals surface area contributed by atoms with Crippen LogP contribution in [-0.2, 0) is 0 Å². The Hall–Kier alpha value is -2.81. The minimum atomic E-state index is -0.405. The molecular weight excluding hydrogens is 475 g/mol. The number of rotatable bonds is 4. The average molecular weight is 497 g/mol. The van der Waals surface area contributed by atoms with Gasteiger partial charge in [-0.15, -0.1) is 11.3 Å². The van der Waals surface area contributed by atoms with Gasteiger partial charge in [0.2, 0.25) is 0 Å². The number of thiophene rings is 1. The Bertz CT molecular complexity index is 1420. The largest absolute Gasteiger partial charge is 0.489 e.